The van der Waals surface area contributed by atoms with E-state index in [4.69, 9.17) is 18.9 Å². The van der Waals surface area contributed by atoms with Crippen molar-refractivity contribution >= 4 is 39.2 Å². The van der Waals surface area contributed by atoms with Crippen LogP contribution >= 0.6 is 15.9 Å². The Morgan fingerprint density at radius 1 is 0.949 bits per heavy atom. The maximum absolute atomic E-state index is 14.0. The van der Waals surface area contributed by atoms with Crippen molar-refractivity contribution < 1.29 is 33.3 Å². The van der Waals surface area contributed by atoms with Crippen LogP contribution in [0.25, 0.3) is 5.57 Å². The number of allylic oxidation sites excluding steroid dienone is 2. The molecule has 2 aliphatic carbocycles. The second kappa shape index (κ2) is 8.95. The zero-order valence-electron chi connectivity index (χ0n) is 22.1. The van der Waals surface area contributed by atoms with Crippen molar-refractivity contribution in [1.29, 1.82) is 0 Å². The molecule has 0 amide bonds. The number of rotatable bonds is 6. The summed E-state index contributed by atoms with van der Waals surface area (Å²) >= 11 is 3.52. The maximum Gasteiger partial charge on any atom is 0.336 e. The largest absolute Gasteiger partial charge is 0.492 e. The smallest absolute Gasteiger partial charge is 0.336 e. The molecule has 2 bridgehead atoms. The molecule has 8 heteroatoms. The van der Waals surface area contributed by atoms with Gasteiger partial charge in [0.15, 0.2) is 5.78 Å². The molecule has 0 saturated carbocycles. The molecule has 0 unspecified atom stereocenters. The number of Topliss-reactive ketones (excluding diaryl/α,β-unsaturated/α-hetero) is 1. The van der Waals surface area contributed by atoms with Crippen molar-refractivity contribution in [3.05, 3.63) is 92.4 Å². The van der Waals surface area contributed by atoms with Crippen LogP contribution in [-0.2, 0) is 28.6 Å². The third-order valence-corrected chi connectivity index (χ3v) is 8.70. The van der Waals surface area contributed by atoms with Gasteiger partial charge in [-0.2, -0.15) is 0 Å². The van der Waals surface area contributed by atoms with E-state index in [0.717, 1.165) is 21.2 Å². The number of ketones is 1. The van der Waals surface area contributed by atoms with Gasteiger partial charge in [-0.05, 0) is 51.5 Å². The number of hydrogen-bond acceptors (Lipinski definition) is 7. The topological polar surface area (TPSA) is 88.1 Å². The van der Waals surface area contributed by atoms with Crippen molar-refractivity contribution in [2.45, 2.75) is 33.6 Å². The Bertz CT molecular complexity index is 1550. The van der Waals surface area contributed by atoms with Crippen LogP contribution < -0.4 is 4.74 Å². The van der Waals surface area contributed by atoms with E-state index in [1.165, 1.54) is 6.92 Å². The van der Waals surface area contributed by atoms with Crippen LogP contribution in [0.5, 0.6) is 5.75 Å². The van der Waals surface area contributed by atoms with Gasteiger partial charge >= 0.3 is 11.9 Å². The zero-order valence-corrected chi connectivity index (χ0v) is 23.6. The molecule has 0 aromatic heterocycles. The average Bonchev–Trinajstić information content (AvgIpc) is 3.44. The second-order valence-corrected chi connectivity index (χ2v) is 10.9. The number of benzene rings is 2. The summed E-state index contributed by atoms with van der Waals surface area (Å²) in [6, 6.07) is 15.3. The lowest BCUT2D eigenvalue weighted by atomic mass is 9.62. The number of hydrogen-bond donors (Lipinski definition) is 0. The van der Waals surface area contributed by atoms with Crippen LogP contribution in [0.1, 0.15) is 44.7 Å². The Balaban J connectivity index is 1.81. The van der Waals surface area contributed by atoms with E-state index in [2.05, 4.69) is 15.9 Å². The Morgan fingerprint density at radius 3 is 2.23 bits per heavy atom. The molecule has 0 saturated heterocycles. The van der Waals surface area contributed by atoms with Gasteiger partial charge in [-0.15, -0.1) is 0 Å². The van der Waals surface area contributed by atoms with Crippen molar-refractivity contribution in [3.8, 4) is 5.75 Å². The maximum atomic E-state index is 14.0. The molecular weight excluding hydrogens is 564 g/mol. The Labute approximate surface area is 234 Å². The van der Waals surface area contributed by atoms with E-state index >= 15 is 0 Å². The molecule has 0 fully saturated rings. The first kappa shape index (κ1) is 25.6. The second-order valence-electron chi connectivity index (χ2n) is 10.0. The highest BCUT2D eigenvalue weighted by atomic mass is 79.9. The summed E-state index contributed by atoms with van der Waals surface area (Å²) in [5.41, 5.74) is 0.356. The fourth-order valence-corrected chi connectivity index (χ4v) is 7.50. The molecule has 0 N–H and O–H groups in total. The lowest BCUT2D eigenvalue weighted by Crippen LogP contribution is -2.40. The highest BCUT2D eigenvalue weighted by Gasteiger charge is 2.79. The minimum Gasteiger partial charge on any atom is -0.492 e. The molecule has 7 nitrogen and oxygen atoms in total. The minimum atomic E-state index is -1.39. The number of fused-ring (bicyclic) bond motifs is 2. The first-order chi connectivity index (χ1) is 18.7. The highest BCUT2D eigenvalue weighted by molar-refractivity contribution is 9.10. The SMILES string of the molecule is CCOC(=O)C1=C(C(=O)OCC)[C@@]23C(=C4c5ccccc5OC[C@@]14[C@@H]2c1ccc(Br)cc1)OC(C)=C3C(C)=O. The molecule has 6 rings (SSSR count). The molecular formula is C31H27BrO7. The summed E-state index contributed by atoms with van der Waals surface area (Å²) in [6.45, 7) is 6.87. The number of ether oxygens (including phenoxy) is 4. The predicted molar refractivity (Wildman–Crippen MR) is 145 cm³/mol. The predicted octanol–water partition coefficient (Wildman–Crippen LogP) is 5.65. The van der Waals surface area contributed by atoms with E-state index in [1.807, 2.05) is 48.5 Å². The van der Waals surface area contributed by atoms with Crippen LogP contribution in [0.2, 0.25) is 0 Å². The Morgan fingerprint density at radius 2 is 1.59 bits per heavy atom. The fourth-order valence-electron chi connectivity index (χ4n) is 7.24. The molecule has 2 aromatic rings. The first-order valence-electron chi connectivity index (χ1n) is 13.0. The van der Waals surface area contributed by atoms with Gasteiger partial charge < -0.3 is 18.9 Å². The van der Waals surface area contributed by atoms with E-state index in [9.17, 15) is 14.4 Å². The number of halogens is 1. The van der Waals surface area contributed by atoms with Gasteiger partial charge in [0.25, 0.3) is 0 Å². The molecule has 2 spiro atoms. The molecule has 2 heterocycles. The van der Waals surface area contributed by atoms with Crippen molar-refractivity contribution in [2.24, 2.45) is 10.8 Å². The molecule has 2 aromatic carbocycles. The normalized spacial score (nSPS) is 26.0. The number of para-hydroxylation sites is 1. The van der Waals surface area contributed by atoms with Gasteiger partial charge in [-0.3, -0.25) is 4.79 Å². The van der Waals surface area contributed by atoms with Crippen LogP contribution in [0.15, 0.2) is 81.2 Å². The van der Waals surface area contributed by atoms with Gasteiger partial charge in [-0.1, -0.05) is 46.3 Å². The van der Waals surface area contributed by atoms with Crippen LogP contribution in [0.3, 0.4) is 0 Å². The Hall–Kier alpha value is -3.65. The molecule has 200 valence electrons. The summed E-state index contributed by atoms with van der Waals surface area (Å²) in [5, 5.41) is 0. The number of esters is 2. The van der Waals surface area contributed by atoms with Crippen molar-refractivity contribution in [3.63, 3.8) is 0 Å². The average molecular weight is 591 g/mol. The van der Waals surface area contributed by atoms with E-state index in [1.54, 1.807) is 20.8 Å². The standard InChI is InChI=1S/C31H27BrO7/c1-5-36-28(34)24-25(29(35)37-6-2)31-22(16(3)33)17(4)39-27(31)23-20-9-7-8-10-21(20)38-15-30(23,24)26(31)18-11-13-19(32)14-12-18/h7-14,26H,5-6,15H2,1-4H3/t26-,30-,31+/m0/s1. The highest BCUT2D eigenvalue weighted by Crippen LogP contribution is 2.81. The third-order valence-electron chi connectivity index (χ3n) is 8.18. The van der Waals surface area contributed by atoms with Crippen LogP contribution in [0.4, 0.5) is 0 Å². The van der Waals surface area contributed by atoms with Crippen molar-refractivity contribution in [1.82, 2.24) is 0 Å². The monoisotopic (exact) mass is 590 g/mol. The minimum absolute atomic E-state index is 0.0516. The molecule has 39 heavy (non-hydrogen) atoms. The quantitative estimate of drug-likeness (QED) is 0.401. The zero-order chi connectivity index (χ0) is 27.7. The number of carbonyl (C=O) groups is 3. The van der Waals surface area contributed by atoms with Crippen LogP contribution in [0, 0.1) is 10.8 Å². The summed E-state index contributed by atoms with van der Waals surface area (Å²) < 4.78 is 24.9. The van der Waals surface area contributed by atoms with Gasteiger partial charge in [0, 0.05) is 21.5 Å². The molecule has 0 radical (unpaired) electrons. The van der Waals surface area contributed by atoms with E-state index in [-0.39, 0.29) is 36.8 Å². The van der Waals surface area contributed by atoms with E-state index in [0.29, 0.717) is 22.8 Å². The summed E-state index contributed by atoms with van der Waals surface area (Å²) in [6.07, 6.45) is 0. The van der Waals surface area contributed by atoms with Crippen molar-refractivity contribution in [2.75, 3.05) is 19.8 Å². The number of carbonyl (C=O) groups excluding carboxylic acids is 3. The van der Waals surface area contributed by atoms with Gasteiger partial charge in [0.2, 0.25) is 0 Å². The fraction of sp³-hybridized carbons (Fsp3) is 0.323. The summed E-state index contributed by atoms with van der Waals surface area (Å²) in [4.78, 5) is 41.4. The van der Waals surface area contributed by atoms with Crippen LogP contribution in [-0.4, -0.2) is 37.5 Å². The van der Waals surface area contributed by atoms with Gasteiger partial charge in [0.05, 0.1) is 35.3 Å². The summed E-state index contributed by atoms with van der Waals surface area (Å²) in [7, 11) is 0. The molecule has 3 atom stereocenters. The Kier molecular flexibility index (Phi) is 5.88. The lowest BCUT2D eigenvalue weighted by molar-refractivity contribution is -0.142. The molecule has 4 aliphatic rings. The first-order valence-corrected chi connectivity index (χ1v) is 13.8. The molecule has 2 aliphatic heterocycles. The third kappa shape index (κ3) is 3.12. The van der Waals surface area contributed by atoms with Gasteiger partial charge in [-0.25, -0.2) is 9.59 Å². The van der Waals surface area contributed by atoms with E-state index < -0.39 is 28.7 Å². The lowest BCUT2D eigenvalue weighted by Gasteiger charge is -2.41. The van der Waals surface area contributed by atoms with Gasteiger partial charge in [0.1, 0.15) is 29.3 Å². The summed E-state index contributed by atoms with van der Waals surface area (Å²) in [5.74, 6) is -0.645.